The molecule has 0 unspecified atom stereocenters. The lowest BCUT2D eigenvalue weighted by molar-refractivity contribution is -0.00252. The van der Waals surface area contributed by atoms with Crippen LogP contribution in [0, 0.1) is 0 Å². The number of nitrogens with one attached hydrogen (secondary N) is 1. The summed E-state index contributed by atoms with van der Waals surface area (Å²) >= 11 is 0. The van der Waals surface area contributed by atoms with E-state index in [9.17, 15) is 0 Å². The molecule has 0 spiro atoms. The maximum atomic E-state index is 5.98. The fourth-order valence-corrected chi connectivity index (χ4v) is 2.65. The Balaban J connectivity index is 0.00000264. The molecule has 0 amide bonds. The molecule has 0 saturated carbocycles. The first-order valence-electron chi connectivity index (χ1n) is 7.81. The van der Waals surface area contributed by atoms with Crippen molar-refractivity contribution in [1.82, 2.24) is 15.2 Å². The number of aliphatic imine (C=N–C) groups is 1. The summed E-state index contributed by atoms with van der Waals surface area (Å²) in [6.07, 6.45) is 4.62. The summed E-state index contributed by atoms with van der Waals surface area (Å²) in [7, 11) is 4.21. The van der Waals surface area contributed by atoms with Crippen molar-refractivity contribution in [1.29, 1.82) is 0 Å². The lowest BCUT2D eigenvalue weighted by Gasteiger charge is -2.41. The molecule has 1 aromatic heterocycles. The van der Waals surface area contributed by atoms with Crippen LogP contribution < -0.4 is 11.1 Å². The molecule has 7 heteroatoms. The summed E-state index contributed by atoms with van der Waals surface area (Å²) in [5.41, 5.74) is 7.10. The van der Waals surface area contributed by atoms with Crippen LogP contribution >= 0.6 is 24.0 Å². The molecular formula is C16H28IN5O. The SMILES string of the molecule is CN(C)C1(CN=C(N)NCCc2ccccn2)CCOCC1.I. The first-order valence-corrected chi connectivity index (χ1v) is 7.81. The number of halogens is 1. The minimum absolute atomic E-state index is 0. The molecule has 6 nitrogen and oxygen atoms in total. The van der Waals surface area contributed by atoms with Crippen LogP contribution in [0.2, 0.25) is 0 Å². The molecule has 0 aromatic carbocycles. The summed E-state index contributed by atoms with van der Waals surface area (Å²) in [6, 6.07) is 5.92. The molecule has 2 heterocycles. The first-order chi connectivity index (χ1) is 10.6. The lowest BCUT2D eigenvalue weighted by Crippen LogP contribution is -2.51. The second kappa shape index (κ2) is 10.0. The van der Waals surface area contributed by atoms with Crippen LogP contribution in [0.15, 0.2) is 29.4 Å². The van der Waals surface area contributed by atoms with E-state index in [1.807, 2.05) is 18.2 Å². The van der Waals surface area contributed by atoms with Gasteiger partial charge in [-0.1, -0.05) is 6.07 Å². The minimum atomic E-state index is 0. The molecule has 1 aliphatic heterocycles. The van der Waals surface area contributed by atoms with E-state index in [2.05, 4.69) is 34.3 Å². The molecule has 1 aromatic rings. The van der Waals surface area contributed by atoms with Gasteiger partial charge < -0.3 is 20.7 Å². The molecule has 2 rings (SSSR count). The zero-order valence-corrected chi connectivity index (χ0v) is 16.3. The van der Waals surface area contributed by atoms with Crippen LogP contribution in [0.4, 0.5) is 0 Å². The highest BCUT2D eigenvalue weighted by Gasteiger charge is 2.34. The number of aromatic nitrogens is 1. The van der Waals surface area contributed by atoms with E-state index in [0.29, 0.717) is 12.5 Å². The van der Waals surface area contributed by atoms with Crippen molar-refractivity contribution in [2.24, 2.45) is 10.7 Å². The molecule has 0 bridgehead atoms. The second-order valence-electron chi connectivity index (χ2n) is 5.93. The third-order valence-electron chi connectivity index (χ3n) is 4.33. The van der Waals surface area contributed by atoms with Gasteiger partial charge in [0, 0.05) is 43.6 Å². The Morgan fingerprint density at radius 1 is 1.39 bits per heavy atom. The molecule has 1 fully saturated rings. The van der Waals surface area contributed by atoms with Crippen LogP contribution in [0.5, 0.6) is 0 Å². The van der Waals surface area contributed by atoms with E-state index in [-0.39, 0.29) is 29.5 Å². The van der Waals surface area contributed by atoms with Crippen LogP contribution in [-0.4, -0.2) is 61.8 Å². The highest BCUT2D eigenvalue weighted by Crippen LogP contribution is 2.26. The zero-order valence-electron chi connectivity index (χ0n) is 14.0. The maximum Gasteiger partial charge on any atom is 0.188 e. The number of ether oxygens (including phenoxy) is 1. The van der Waals surface area contributed by atoms with Gasteiger partial charge in [0.1, 0.15) is 0 Å². The van der Waals surface area contributed by atoms with Gasteiger partial charge in [-0.15, -0.1) is 24.0 Å². The van der Waals surface area contributed by atoms with Crippen molar-refractivity contribution < 1.29 is 4.74 Å². The Morgan fingerprint density at radius 3 is 2.74 bits per heavy atom. The van der Waals surface area contributed by atoms with Gasteiger partial charge in [0.25, 0.3) is 0 Å². The van der Waals surface area contributed by atoms with E-state index in [0.717, 1.165) is 44.7 Å². The highest BCUT2D eigenvalue weighted by atomic mass is 127. The van der Waals surface area contributed by atoms with Gasteiger partial charge in [-0.05, 0) is 39.1 Å². The highest BCUT2D eigenvalue weighted by molar-refractivity contribution is 14.0. The average Bonchev–Trinajstić information content (AvgIpc) is 2.55. The quantitative estimate of drug-likeness (QED) is 0.402. The lowest BCUT2D eigenvalue weighted by atomic mass is 9.89. The molecular weight excluding hydrogens is 405 g/mol. The fraction of sp³-hybridized carbons (Fsp3) is 0.625. The number of rotatable bonds is 6. The number of hydrogen-bond acceptors (Lipinski definition) is 4. The van der Waals surface area contributed by atoms with Gasteiger partial charge in [-0.2, -0.15) is 0 Å². The molecule has 1 saturated heterocycles. The number of pyridine rings is 1. The molecule has 0 atom stereocenters. The fourth-order valence-electron chi connectivity index (χ4n) is 2.65. The van der Waals surface area contributed by atoms with Gasteiger partial charge in [0.05, 0.1) is 6.54 Å². The molecule has 0 aliphatic carbocycles. The monoisotopic (exact) mass is 433 g/mol. The van der Waals surface area contributed by atoms with E-state index in [1.165, 1.54) is 0 Å². The van der Waals surface area contributed by atoms with Gasteiger partial charge in [0.15, 0.2) is 5.96 Å². The Hall–Kier alpha value is -0.930. The summed E-state index contributed by atoms with van der Waals surface area (Å²) in [5.74, 6) is 0.503. The predicted octanol–water partition coefficient (Wildman–Crippen LogP) is 1.26. The predicted molar refractivity (Wildman–Crippen MR) is 104 cm³/mol. The Labute approximate surface area is 155 Å². The van der Waals surface area contributed by atoms with Crippen molar-refractivity contribution >= 4 is 29.9 Å². The summed E-state index contributed by atoms with van der Waals surface area (Å²) in [6.45, 7) is 3.03. The smallest absolute Gasteiger partial charge is 0.188 e. The van der Waals surface area contributed by atoms with Crippen LogP contribution in [0.1, 0.15) is 18.5 Å². The third kappa shape index (κ3) is 6.23. The largest absolute Gasteiger partial charge is 0.381 e. The van der Waals surface area contributed by atoms with Crippen molar-refractivity contribution in [2.45, 2.75) is 24.8 Å². The van der Waals surface area contributed by atoms with Gasteiger partial charge in [-0.25, -0.2) is 0 Å². The zero-order chi connectivity index (χ0) is 15.8. The van der Waals surface area contributed by atoms with E-state index < -0.39 is 0 Å². The normalized spacial score (nSPS) is 17.6. The Bertz CT molecular complexity index is 475. The van der Waals surface area contributed by atoms with E-state index in [4.69, 9.17) is 10.5 Å². The van der Waals surface area contributed by atoms with Crippen molar-refractivity contribution in [3.8, 4) is 0 Å². The van der Waals surface area contributed by atoms with Gasteiger partial charge in [0.2, 0.25) is 0 Å². The Morgan fingerprint density at radius 2 is 2.13 bits per heavy atom. The van der Waals surface area contributed by atoms with Crippen LogP contribution in [-0.2, 0) is 11.2 Å². The number of nitrogens with two attached hydrogens (primary N) is 1. The van der Waals surface area contributed by atoms with Crippen LogP contribution in [0.25, 0.3) is 0 Å². The molecule has 130 valence electrons. The van der Waals surface area contributed by atoms with Crippen molar-refractivity contribution in [2.75, 3.05) is 40.4 Å². The first kappa shape index (κ1) is 20.1. The number of nitrogens with zero attached hydrogens (tertiary/aromatic N) is 3. The third-order valence-corrected chi connectivity index (χ3v) is 4.33. The van der Waals surface area contributed by atoms with Gasteiger partial charge in [-0.3, -0.25) is 9.98 Å². The topological polar surface area (TPSA) is 75.8 Å². The average molecular weight is 433 g/mol. The Kier molecular flexibility index (Phi) is 8.78. The van der Waals surface area contributed by atoms with E-state index >= 15 is 0 Å². The number of likely N-dealkylation sites (N-methyl/N-ethyl adjacent to an activating group) is 1. The van der Waals surface area contributed by atoms with Crippen LogP contribution in [0.3, 0.4) is 0 Å². The molecule has 3 N–H and O–H groups in total. The molecule has 23 heavy (non-hydrogen) atoms. The molecule has 0 radical (unpaired) electrons. The number of guanidine groups is 1. The standard InChI is InChI=1S/C16H27N5O.HI/c1-21(2)16(7-11-22-12-8-16)13-20-15(17)19-10-6-14-5-3-4-9-18-14;/h3-5,9H,6-8,10-13H2,1-2H3,(H3,17,19,20);1H. The van der Waals surface area contributed by atoms with Gasteiger partial charge >= 0.3 is 0 Å². The summed E-state index contributed by atoms with van der Waals surface area (Å²) < 4.78 is 5.47. The summed E-state index contributed by atoms with van der Waals surface area (Å²) in [5, 5.41) is 3.16. The van der Waals surface area contributed by atoms with Crippen molar-refractivity contribution in [3.63, 3.8) is 0 Å². The van der Waals surface area contributed by atoms with E-state index in [1.54, 1.807) is 6.20 Å². The number of hydrogen-bond donors (Lipinski definition) is 2. The molecule has 1 aliphatic rings. The second-order valence-corrected chi connectivity index (χ2v) is 5.93. The maximum absolute atomic E-state index is 5.98. The minimum Gasteiger partial charge on any atom is -0.381 e. The van der Waals surface area contributed by atoms with Crippen molar-refractivity contribution in [3.05, 3.63) is 30.1 Å². The summed E-state index contributed by atoms with van der Waals surface area (Å²) in [4.78, 5) is 11.1.